The van der Waals surface area contributed by atoms with Crippen molar-refractivity contribution in [3.05, 3.63) is 23.9 Å². The molecule has 2 rings (SSSR count). The molecule has 0 bridgehead atoms. The molecule has 1 aromatic rings. The van der Waals surface area contributed by atoms with Gasteiger partial charge in [-0.2, -0.15) is 4.31 Å². The molecule has 106 valence electrons. The predicted octanol–water partition coefficient (Wildman–Crippen LogP) is 0.0120. The molecule has 1 aliphatic heterocycles. The fourth-order valence-electron chi connectivity index (χ4n) is 2.10. The van der Waals surface area contributed by atoms with Crippen LogP contribution in [-0.4, -0.2) is 49.6 Å². The van der Waals surface area contributed by atoms with Gasteiger partial charge in [0.05, 0.1) is 5.75 Å². The monoisotopic (exact) mass is 284 g/mol. The van der Waals surface area contributed by atoms with Crippen LogP contribution >= 0.6 is 0 Å². The SMILES string of the molecule is CCS(=O)(=O)N1CCN(c2ccc(CN)cn2)CC1. The van der Waals surface area contributed by atoms with E-state index in [0.717, 1.165) is 11.4 Å². The number of piperazine rings is 1. The molecule has 0 spiro atoms. The van der Waals surface area contributed by atoms with Gasteiger partial charge in [0.15, 0.2) is 0 Å². The number of hydrogen-bond acceptors (Lipinski definition) is 5. The van der Waals surface area contributed by atoms with Crippen LogP contribution in [0.4, 0.5) is 5.82 Å². The van der Waals surface area contributed by atoms with E-state index in [4.69, 9.17) is 5.73 Å². The first-order valence-corrected chi connectivity index (χ1v) is 8.05. The lowest BCUT2D eigenvalue weighted by molar-refractivity contribution is 0.384. The molecule has 0 atom stereocenters. The molecule has 19 heavy (non-hydrogen) atoms. The Bertz CT molecular complexity index is 507. The molecule has 0 radical (unpaired) electrons. The summed E-state index contributed by atoms with van der Waals surface area (Å²) in [6.45, 7) is 4.56. The standard InChI is InChI=1S/C12H20N4O2S/c1-2-19(17,18)16-7-5-15(6-8-16)12-4-3-11(9-13)10-14-12/h3-4,10H,2,5-9,13H2,1H3. The van der Waals surface area contributed by atoms with E-state index in [2.05, 4.69) is 9.88 Å². The summed E-state index contributed by atoms with van der Waals surface area (Å²) in [6.07, 6.45) is 1.77. The zero-order valence-corrected chi connectivity index (χ0v) is 11.9. The summed E-state index contributed by atoms with van der Waals surface area (Å²) >= 11 is 0. The number of aromatic nitrogens is 1. The third kappa shape index (κ3) is 3.23. The molecule has 0 saturated carbocycles. The van der Waals surface area contributed by atoms with Gasteiger partial charge in [-0.3, -0.25) is 0 Å². The van der Waals surface area contributed by atoms with E-state index < -0.39 is 10.0 Å². The number of hydrogen-bond donors (Lipinski definition) is 1. The van der Waals surface area contributed by atoms with Gasteiger partial charge in [0.1, 0.15) is 5.82 Å². The maximum Gasteiger partial charge on any atom is 0.213 e. The van der Waals surface area contributed by atoms with Gasteiger partial charge in [-0.1, -0.05) is 6.07 Å². The van der Waals surface area contributed by atoms with Crippen LogP contribution in [0.1, 0.15) is 12.5 Å². The molecule has 7 heteroatoms. The van der Waals surface area contributed by atoms with Gasteiger partial charge in [-0.15, -0.1) is 0 Å². The minimum absolute atomic E-state index is 0.163. The maximum absolute atomic E-state index is 11.8. The molecule has 2 N–H and O–H groups in total. The molecule has 0 amide bonds. The second-order valence-corrected chi connectivity index (χ2v) is 6.77. The number of anilines is 1. The highest BCUT2D eigenvalue weighted by atomic mass is 32.2. The Hall–Kier alpha value is -1.18. The van der Waals surface area contributed by atoms with E-state index in [1.165, 1.54) is 0 Å². The molecule has 1 aromatic heterocycles. The van der Waals surface area contributed by atoms with Crippen molar-refractivity contribution in [1.29, 1.82) is 0 Å². The van der Waals surface area contributed by atoms with Crippen LogP contribution in [-0.2, 0) is 16.6 Å². The van der Waals surface area contributed by atoms with Crippen molar-refractivity contribution in [2.24, 2.45) is 5.73 Å². The van der Waals surface area contributed by atoms with E-state index in [9.17, 15) is 8.42 Å². The smallest absolute Gasteiger partial charge is 0.213 e. The summed E-state index contributed by atoms with van der Waals surface area (Å²) in [7, 11) is -3.07. The van der Waals surface area contributed by atoms with Crippen LogP contribution in [0.3, 0.4) is 0 Å². The number of pyridine rings is 1. The van der Waals surface area contributed by atoms with Crippen molar-refractivity contribution in [1.82, 2.24) is 9.29 Å². The lowest BCUT2D eigenvalue weighted by Crippen LogP contribution is -2.49. The first kappa shape index (κ1) is 14.2. The minimum atomic E-state index is -3.07. The molecular formula is C12H20N4O2S. The van der Waals surface area contributed by atoms with Crippen LogP contribution in [0.25, 0.3) is 0 Å². The van der Waals surface area contributed by atoms with E-state index in [1.54, 1.807) is 17.4 Å². The third-order valence-electron chi connectivity index (χ3n) is 3.37. The van der Waals surface area contributed by atoms with E-state index in [-0.39, 0.29) is 5.75 Å². The van der Waals surface area contributed by atoms with Crippen LogP contribution < -0.4 is 10.6 Å². The Morgan fingerprint density at radius 3 is 2.42 bits per heavy atom. The summed E-state index contributed by atoms with van der Waals surface area (Å²) in [5, 5.41) is 0. The van der Waals surface area contributed by atoms with Gasteiger partial charge >= 0.3 is 0 Å². The summed E-state index contributed by atoms with van der Waals surface area (Å²) < 4.78 is 25.1. The summed E-state index contributed by atoms with van der Waals surface area (Å²) in [5.74, 6) is 1.04. The highest BCUT2D eigenvalue weighted by molar-refractivity contribution is 7.89. The highest BCUT2D eigenvalue weighted by Crippen LogP contribution is 2.15. The summed E-state index contributed by atoms with van der Waals surface area (Å²) in [4.78, 5) is 6.46. The van der Waals surface area contributed by atoms with Gasteiger partial charge in [0.25, 0.3) is 0 Å². The molecule has 1 saturated heterocycles. The average Bonchev–Trinajstić information content (AvgIpc) is 2.47. The second-order valence-electron chi connectivity index (χ2n) is 4.52. The maximum atomic E-state index is 11.8. The molecule has 0 unspecified atom stereocenters. The zero-order chi connectivity index (χ0) is 13.9. The number of sulfonamides is 1. The van der Waals surface area contributed by atoms with E-state index >= 15 is 0 Å². The highest BCUT2D eigenvalue weighted by Gasteiger charge is 2.25. The van der Waals surface area contributed by atoms with Crippen LogP contribution in [0.5, 0.6) is 0 Å². The molecule has 2 heterocycles. The Balaban J connectivity index is 1.99. The molecule has 1 fully saturated rings. The Morgan fingerprint density at radius 2 is 1.95 bits per heavy atom. The Morgan fingerprint density at radius 1 is 1.26 bits per heavy atom. The van der Waals surface area contributed by atoms with Crippen molar-refractivity contribution in [3.8, 4) is 0 Å². The minimum Gasteiger partial charge on any atom is -0.354 e. The van der Waals surface area contributed by atoms with Crippen molar-refractivity contribution < 1.29 is 8.42 Å². The first-order chi connectivity index (χ1) is 9.06. The normalized spacial score (nSPS) is 17.7. The Kier molecular flexibility index (Phi) is 4.38. The van der Waals surface area contributed by atoms with Gasteiger partial charge in [-0.05, 0) is 18.6 Å². The largest absolute Gasteiger partial charge is 0.354 e. The van der Waals surface area contributed by atoms with Gasteiger partial charge < -0.3 is 10.6 Å². The number of nitrogens with zero attached hydrogens (tertiary/aromatic N) is 3. The van der Waals surface area contributed by atoms with Gasteiger partial charge in [-0.25, -0.2) is 13.4 Å². The quantitative estimate of drug-likeness (QED) is 0.842. The van der Waals surface area contributed by atoms with E-state index in [0.29, 0.717) is 32.7 Å². The zero-order valence-electron chi connectivity index (χ0n) is 11.1. The Labute approximate surface area is 114 Å². The summed E-state index contributed by atoms with van der Waals surface area (Å²) in [6, 6.07) is 3.89. The topological polar surface area (TPSA) is 79.5 Å². The van der Waals surface area contributed by atoms with Crippen molar-refractivity contribution in [2.75, 3.05) is 36.8 Å². The van der Waals surface area contributed by atoms with Crippen LogP contribution in [0, 0.1) is 0 Å². The molecule has 1 aliphatic rings. The fourth-order valence-corrected chi connectivity index (χ4v) is 3.19. The predicted molar refractivity (Wildman–Crippen MR) is 75.4 cm³/mol. The molecule has 0 aromatic carbocycles. The van der Waals surface area contributed by atoms with E-state index in [1.807, 2.05) is 12.1 Å². The molecular weight excluding hydrogens is 264 g/mol. The van der Waals surface area contributed by atoms with Gasteiger partial charge in [0.2, 0.25) is 10.0 Å². The lowest BCUT2D eigenvalue weighted by Gasteiger charge is -2.34. The van der Waals surface area contributed by atoms with Crippen molar-refractivity contribution in [2.45, 2.75) is 13.5 Å². The number of rotatable bonds is 4. The fraction of sp³-hybridized carbons (Fsp3) is 0.583. The number of nitrogens with two attached hydrogens (primary N) is 1. The van der Waals surface area contributed by atoms with Crippen LogP contribution in [0.2, 0.25) is 0 Å². The molecule has 6 nitrogen and oxygen atoms in total. The van der Waals surface area contributed by atoms with Crippen molar-refractivity contribution in [3.63, 3.8) is 0 Å². The first-order valence-electron chi connectivity index (χ1n) is 6.44. The third-order valence-corrected chi connectivity index (χ3v) is 5.25. The second kappa shape index (κ2) is 5.85. The van der Waals surface area contributed by atoms with Crippen molar-refractivity contribution >= 4 is 15.8 Å². The average molecular weight is 284 g/mol. The van der Waals surface area contributed by atoms with Gasteiger partial charge in [0, 0.05) is 38.9 Å². The molecule has 0 aliphatic carbocycles. The lowest BCUT2D eigenvalue weighted by atomic mass is 10.2. The van der Waals surface area contributed by atoms with Crippen LogP contribution in [0.15, 0.2) is 18.3 Å². The summed E-state index contributed by atoms with van der Waals surface area (Å²) in [5.41, 5.74) is 6.53.